The van der Waals surface area contributed by atoms with E-state index in [0.717, 1.165) is 31.6 Å². The van der Waals surface area contributed by atoms with Crippen molar-refractivity contribution < 1.29 is 19.2 Å². The molecule has 0 radical (unpaired) electrons. The maximum atomic E-state index is 12.5. The van der Waals surface area contributed by atoms with Crippen LogP contribution in [-0.2, 0) is 17.7 Å². The minimum absolute atomic E-state index is 0.204. The van der Waals surface area contributed by atoms with Crippen LogP contribution in [0.2, 0.25) is 0 Å². The number of hydrogen-bond donors (Lipinski definition) is 2. The molecule has 0 aliphatic carbocycles. The van der Waals surface area contributed by atoms with Crippen LogP contribution in [0.5, 0.6) is 0 Å². The van der Waals surface area contributed by atoms with Crippen molar-refractivity contribution >= 4 is 28.2 Å². The molecule has 1 unspecified atom stereocenters. The summed E-state index contributed by atoms with van der Waals surface area (Å²) in [6.45, 7) is 7.22. The molecule has 6 heteroatoms. The second kappa shape index (κ2) is 7.80. The summed E-state index contributed by atoms with van der Waals surface area (Å²) in [7, 11) is 0. The van der Waals surface area contributed by atoms with Gasteiger partial charge in [0.2, 0.25) is 0 Å². The summed E-state index contributed by atoms with van der Waals surface area (Å²) in [5.41, 5.74) is 2.16. The molecule has 1 amide bonds. The molecule has 2 aromatic rings. The molecule has 25 heavy (non-hydrogen) atoms. The van der Waals surface area contributed by atoms with E-state index in [1.807, 2.05) is 18.2 Å². The van der Waals surface area contributed by atoms with Crippen molar-refractivity contribution in [2.45, 2.75) is 26.8 Å². The number of benzene rings is 1. The van der Waals surface area contributed by atoms with E-state index in [4.69, 9.17) is 4.74 Å². The molecule has 2 heterocycles. The maximum absolute atomic E-state index is 12.5. The summed E-state index contributed by atoms with van der Waals surface area (Å²) in [6, 6.07) is 9.03. The predicted octanol–water partition coefficient (Wildman–Crippen LogP) is 2.14. The number of rotatable bonds is 5. The van der Waals surface area contributed by atoms with Gasteiger partial charge in [-0.1, -0.05) is 18.2 Å². The normalized spacial score (nSPS) is 16.2. The Balaban J connectivity index is 1.93. The molecule has 1 aromatic carbocycles. The van der Waals surface area contributed by atoms with Crippen LogP contribution >= 0.6 is 11.3 Å². The number of carbonyl (C=O) groups excluding carboxylic acids is 2. The third-order valence-corrected chi connectivity index (χ3v) is 5.62. The molecular formula is C19H23N2O3S+. The molecule has 0 fully saturated rings. The predicted molar refractivity (Wildman–Crippen MR) is 98.4 cm³/mol. The summed E-state index contributed by atoms with van der Waals surface area (Å²) >= 11 is 1.50. The fourth-order valence-electron chi connectivity index (χ4n) is 3.11. The van der Waals surface area contributed by atoms with Gasteiger partial charge in [-0.25, -0.2) is 4.79 Å². The average molecular weight is 359 g/mol. The maximum Gasteiger partial charge on any atom is 0.341 e. The van der Waals surface area contributed by atoms with Crippen LogP contribution in [0.1, 0.15) is 45.0 Å². The van der Waals surface area contributed by atoms with Crippen molar-refractivity contribution in [3.05, 3.63) is 51.9 Å². The number of thiophene rings is 1. The number of ether oxygens (including phenoxy) is 1. The zero-order valence-corrected chi connectivity index (χ0v) is 15.4. The molecule has 3 rings (SSSR count). The Kier molecular flexibility index (Phi) is 5.50. The van der Waals surface area contributed by atoms with Crippen LogP contribution in [0.3, 0.4) is 0 Å². The van der Waals surface area contributed by atoms with Gasteiger partial charge in [0.1, 0.15) is 11.5 Å². The third kappa shape index (κ3) is 3.75. The Morgan fingerprint density at radius 1 is 1.24 bits per heavy atom. The van der Waals surface area contributed by atoms with Crippen LogP contribution in [0, 0.1) is 0 Å². The number of carbonyl (C=O) groups is 2. The zero-order valence-electron chi connectivity index (χ0n) is 14.6. The van der Waals surface area contributed by atoms with E-state index in [1.54, 1.807) is 19.1 Å². The van der Waals surface area contributed by atoms with Gasteiger partial charge >= 0.3 is 5.97 Å². The first-order valence-electron chi connectivity index (χ1n) is 8.65. The lowest BCUT2D eigenvalue weighted by Gasteiger charge is -2.22. The molecular weight excluding hydrogens is 336 g/mol. The number of amides is 1. The largest absolute Gasteiger partial charge is 0.462 e. The summed E-state index contributed by atoms with van der Waals surface area (Å²) < 4.78 is 5.24. The van der Waals surface area contributed by atoms with E-state index in [0.29, 0.717) is 22.7 Å². The second-order valence-corrected chi connectivity index (χ2v) is 7.13. The van der Waals surface area contributed by atoms with Gasteiger partial charge in [0, 0.05) is 12.0 Å². The Hall–Kier alpha value is -2.18. The van der Waals surface area contributed by atoms with Crippen LogP contribution in [0.4, 0.5) is 5.00 Å². The van der Waals surface area contributed by atoms with E-state index >= 15 is 0 Å². The minimum atomic E-state index is -0.344. The fourth-order valence-corrected chi connectivity index (χ4v) is 4.41. The van der Waals surface area contributed by atoms with Gasteiger partial charge in [-0.05, 0) is 31.5 Å². The first-order valence-corrected chi connectivity index (χ1v) is 9.47. The van der Waals surface area contributed by atoms with E-state index in [-0.39, 0.29) is 11.9 Å². The van der Waals surface area contributed by atoms with Crippen molar-refractivity contribution in [1.29, 1.82) is 0 Å². The molecule has 0 saturated carbocycles. The second-order valence-electron chi connectivity index (χ2n) is 6.03. The van der Waals surface area contributed by atoms with Gasteiger partial charge in [0.05, 0.1) is 30.1 Å². The highest BCUT2D eigenvalue weighted by molar-refractivity contribution is 7.17. The first kappa shape index (κ1) is 17.6. The molecule has 0 saturated heterocycles. The number of quaternary nitrogens is 1. The minimum Gasteiger partial charge on any atom is -0.462 e. The Morgan fingerprint density at radius 3 is 2.68 bits per heavy atom. The van der Waals surface area contributed by atoms with Crippen molar-refractivity contribution in [2.75, 3.05) is 25.0 Å². The topological polar surface area (TPSA) is 59.8 Å². The van der Waals surface area contributed by atoms with Gasteiger partial charge in [-0.2, -0.15) is 0 Å². The van der Waals surface area contributed by atoms with Gasteiger partial charge in [-0.15, -0.1) is 11.3 Å². The van der Waals surface area contributed by atoms with Crippen molar-refractivity contribution in [3.8, 4) is 0 Å². The summed E-state index contributed by atoms with van der Waals surface area (Å²) in [4.78, 5) is 27.7. The summed E-state index contributed by atoms with van der Waals surface area (Å²) in [5, 5.41) is 3.53. The molecule has 1 atom stereocenters. The quantitative estimate of drug-likeness (QED) is 0.804. The number of esters is 1. The van der Waals surface area contributed by atoms with E-state index in [9.17, 15) is 9.59 Å². The van der Waals surface area contributed by atoms with Gasteiger partial charge in [0.15, 0.2) is 0 Å². The van der Waals surface area contributed by atoms with Crippen LogP contribution in [0.15, 0.2) is 30.3 Å². The smallest absolute Gasteiger partial charge is 0.341 e. The van der Waals surface area contributed by atoms with E-state index < -0.39 is 0 Å². The van der Waals surface area contributed by atoms with Crippen LogP contribution in [0.25, 0.3) is 0 Å². The lowest BCUT2D eigenvalue weighted by molar-refractivity contribution is -0.913. The Labute approximate surface area is 151 Å². The molecule has 132 valence electrons. The highest BCUT2D eigenvalue weighted by atomic mass is 32.1. The number of anilines is 1. The Morgan fingerprint density at radius 2 is 2.00 bits per heavy atom. The average Bonchev–Trinajstić information content (AvgIpc) is 2.99. The molecule has 5 nitrogen and oxygen atoms in total. The molecule has 1 aliphatic heterocycles. The third-order valence-electron chi connectivity index (χ3n) is 4.47. The lowest BCUT2D eigenvalue weighted by atomic mass is 10.0. The van der Waals surface area contributed by atoms with Crippen molar-refractivity contribution in [1.82, 2.24) is 0 Å². The number of hydrogen-bond acceptors (Lipinski definition) is 4. The highest BCUT2D eigenvalue weighted by Crippen LogP contribution is 2.35. The fraction of sp³-hybridized carbons (Fsp3) is 0.368. The zero-order chi connectivity index (χ0) is 17.8. The standard InChI is InChI=1S/C19H22N2O3S/c1-3-21-11-10-14-15(12-21)25-18(16(14)19(23)24-4-2)20-17(22)13-8-6-5-7-9-13/h5-9H,3-4,10-12H2,1-2H3,(H,20,22)/p+1. The molecule has 2 N–H and O–H groups in total. The van der Waals surface area contributed by atoms with Crippen LogP contribution in [-0.4, -0.2) is 31.6 Å². The monoisotopic (exact) mass is 359 g/mol. The van der Waals surface area contributed by atoms with E-state index in [2.05, 4.69) is 12.2 Å². The first-order chi connectivity index (χ1) is 12.1. The molecule has 1 aromatic heterocycles. The number of fused-ring (bicyclic) bond motifs is 1. The molecule has 0 bridgehead atoms. The summed E-state index contributed by atoms with van der Waals surface area (Å²) in [5.74, 6) is -0.548. The molecule has 1 aliphatic rings. The van der Waals surface area contributed by atoms with Crippen molar-refractivity contribution in [2.24, 2.45) is 0 Å². The van der Waals surface area contributed by atoms with Gasteiger partial charge in [0.25, 0.3) is 5.91 Å². The number of likely N-dealkylation sites (N-methyl/N-ethyl adjacent to an activating group) is 1. The van der Waals surface area contributed by atoms with Gasteiger partial charge < -0.3 is 15.0 Å². The van der Waals surface area contributed by atoms with Gasteiger partial charge in [-0.3, -0.25) is 4.79 Å². The highest BCUT2D eigenvalue weighted by Gasteiger charge is 2.30. The van der Waals surface area contributed by atoms with Crippen LogP contribution < -0.4 is 10.2 Å². The van der Waals surface area contributed by atoms with E-state index in [1.165, 1.54) is 21.1 Å². The molecule has 0 spiro atoms. The Bertz CT molecular complexity index is 770. The summed E-state index contributed by atoms with van der Waals surface area (Å²) in [6.07, 6.45) is 0.838. The lowest BCUT2D eigenvalue weighted by Crippen LogP contribution is -3.11. The SMILES string of the molecule is CCOC(=O)c1c(NC(=O)c2ccccc2)sc2c1CC[NH+](CC)C2. The number of nitrogens with one attached hydrogen (secondary N) is 2. The van der Waals surface area contributed by atoms with Crippen molar-refractivity contribution in [3.63, 3.8) is 0 Å².